The Bertz CT molecular complexity index is 730. The summed E-state index contributed by atoms with van der Waals surface area (Å²) >= 11 is 0. The summed E-state index contributed by atoms with van der Waals surface area (Å²) in [6.07, 6.45) is 10.3. The van der Waals surface area contributed by atoms with Gasteiger partial charge in [-0.3, -0.25) is 14.1 Å². The van der Waals surface area contributed by atoms with E-state index in [2.05, 4.69) is 12.2 Å². The highest BCUT2D eigenvalue weighted by Gasteiger charge is 2.10. The van der Waals surface area contributed by atoms with Crippen molar-refractivity contribution in [3.63, 3.8) is 0 Å². The Morgan fingerprint density at radius 2 is 1.50 bits per heavy atom. The quantitative estimate of drug-likeness (QED) is 0.160. The zero-order valence-electron chi connectivity index (χ0n) is 17.9. The summed E-state index contributed by atoms with van der Waals surface area (Å²) in [5.41, 5.74) is 0. The molecule has 8 heteroatoms. The van der Waals surface area contributed by atoms with E-state index in [1.54, 1.807) is 0 Å². The molecule has 0 unspecified atom stereocenters. The average Bonchev–Trinajstić information content (AvgIpc) is 2.69. The highest BCUT2D eigenvalue weighted by atomic mass is 32.2. The maximum absolute atomic E-state index is 11.8. The third-order valence-corrected chi connectivity index (χ3v) is 5.59. The largest absolute Gasteiger partial charge is 0.427 e. The number of esters is 1. The lowest BCUT2D eigenvalue weighted by Gasteiger charge is -2.06. The van der Waals surface area contributed by atoms with Crippen LogP contribution in [0.5, 0.6) is 5.75 Å². The van der Waals surface area contributed by atoms with Crippen molar-refractivity contribution < 1.29 is 27.3 Å². The van der Waals surface area contributed by atoms with Gasteiger partial charge < -0.3 is 10.1 Å². The van der Waals surface area contributed by atoms with E-state index in [0.717, 1.165) is 38.6 Å². The third-order valence-electron chi connectivity index (χ3n) is 4.72. The number of unbranched alkanes of at least 4 members (excludes halogenated alkanes) is 7. The SMILES string of the molecule is CCCCCCCC(=O)CNCCCCCCC(=O)Oc1ccc(S(=O)(=O)O)cc1. The van der Waals surface area contributed by atoms with Crippen molar-refractivity contribution in [1.29, 1.82) is 0 Å². The van der Waals surface area contributed by atoms with Gasteiger partial charge in [-0.2, -0.15) is 8.42 Å². The van der Waals surface area contributed by atoms with Gasteiger partial charge in [0.05, 0.1) is 11.4 Å². The molecule has 2 N–H and O–H groups in total. The second-order valence-electron chi connectivity index (χ2n) is 7.46. The lowest BCUT2D eigenvalue weighted by atomic mass is 10.1. The standard InChI is InChI=1S/C22H35NO6S/c1-2-3-4-5-8-11-19(24)18-23-17-10-7-6-9-12-22(25)29-20-13-15-21(16-14-20)30(26,27)28/h13-16,23H,2-12,17-18H2,1H3,(H,26,27,28). The monoisotopic (exact) mass is 441 g/mol. The van der Waals surface area contributed by atoms with Crippen molar-refractivity contribution in [2.45, 2.75) is 82.4 Å². The summed E-state index contributed by atoms with van der Waals surface area (Å²) in [5, 5.41) is 3.18. The first-order valence-electron chi connectivity index (χ1n) is 10.8. The molecule has 1 rings (SSSR count). The molecule has 0 spiro atoms. The number of Topliss-reactive ketones (excluding diaryl/α,β-unsaturated/α-hetero) is 1. The number of carbonyl (C=O) groups is 2. The molecule has 0 saturated heterocycles. The molecule has 0 atom stereocenters. The highest BCUT2D eigenvalue weighted by molar-refractivity contribution is 7.85. The second kappa shape index (κ2) is 15.1. The van der Waals surface area contributed by atoms with Gasteiger partial charge >= 0.3 is 5.97 Å². The molecule has 1 aromatic rings. The zero-order chi connectivity index (χ0) is 22.2. The predicted octanol–water partition coefficient (Wildman–Crippen LogP) is 4.31. The van der Waals surface area contributed by atoms with Crippen molar-refractivity contribution >= 4 is 21.9 Å². The van der Waals surface area contributed by atoms with E-state index < -0.39 is 10.1 Å². The second-order valence-corrected chi connectivity index (χ2v) is 8.89. The Balaban J connectivity index is 2.01. The molecule has 0 bridgehead atoms. The van der Waals surface area contributed by atoms with Crippen LogP contribution in [0, 0.1) is 0 Å². The first-order chi connectivity index (χ1) is 14.3. The lowest BCUT2D eigenvalue weighted by Crippen LogP contribution is -2.23. The number of hydrogen-bond donors (Lipinski definition) is 2. The van der Waals surface area contributed by atoms with Gasteiger partial charge in [0.1, 0.15) is 11.5 Å². The molecule has 0 saturated carbocycles. The molecule has 0 amide bonds. The molecule has 30 heavy (non-hydrogen) atoms. The first kappa shape index (κ1) is 26.3. The van der Waals surface area contributed by atoms with Crippen LogP contribution in [0.2, 0.25) is 0 Å². The van der Waals surface area contributed by atoms with Gasteiger partial charge in [-0.1, -0.05) is 45.4 Å². The summed E-state index contributed by atoms with van der Waals surface area (Å²) in [4.78, 5) is 23.3. The number of ether oxygens (including phenoxy) is 1. The van der Waals surface area contributed by atoms with E-state index in [9.17, 15) is 18.0 Å². The highest BCUT2D eigenvalue weighted by Crippen LogP contribution is 2.16. The molecule has 0 aliphatic heterocycles. The van der Waals surface area contributed by atoms with Crippen molar-refractivity contribution in [2.24, 2.45) is 0 Å². The van der Waals surface area contributed by atoms with E-state index in [-0.39, 0.29) is 28.8 Å². The van der Waals surface area contributed by atoms with Crippen LogP contribution in [-0.4, -0.2) is 37.8 Å². The Hall–Kier alpha value is -1.77. The third kappa shape index (κ3) is 12.7. The number of nitrogens with one attached hydrogen (secondary N) is 1. The summed E-state index contributed by atoms with van der Waals surface area (Å²) in [6.45, 7) is 3.42. The minimum Gasteiger partial charge on any atom is -0.427 e. The van der Waals surface area contributed by atoms with Crippen LogP contribution < -0.4 is 10.1 Å². The van der Waals surface area contributed by atoms with Gasteiger partial charge in [0.25, 0.3) is 10.1 Å². The molecule has 1 aromatic carbocycles. The molecule has 7 nitrogen and oxygen atoms in total. The maximum Gasteiger partial charge on any atom is 0.311 e. The van der Waals surface area contributed by atoms with E-state index >= 15 is 0 Å². The average molecular weight is 442 g/mol. The Kier molecular flexibility index (Phi) is 13.2. The minimum atomic E-state index is -4.25. The molecule has 170 valence electrons. The van der Waals surface area contributed by atoms with Crippen LogP contribution in [0.3, 0.4) is 0 Å². The van der Waals surface area contributed by atoms with Crippen molar-refractivity contribution in [3.8, 4) is 5.75 Å². The Labute approximate surface area is 180 Å². The maximum atomic E-state index is 11.8. The van der Waals surface area contributed by atoms with Crippen LogP contribution in [0.1, 0.15) is 77.6 Å². The van der Waals surface area contributed by atoms with Crippen LogP contribution in [-0.2, 0) is 19.7 Å². The fourth-order valence-electron chi connectivity index (χ4n) is 2.98. The fraction of sp³-hybridized carbons (Fsp3) is 0.636. The van der Waals surface area contributed by atoms with E-state index in [1.807, 2.05) is 0 Å². The van der Waals surface area contributed by atoms with Gasteiger partial charge in [0.15, 0.2) is 0 Å². The summed E-state index contributed by atoms with van der Waals surface area (Å²) in [5.74, 6) is 0.141. The fourth-order valence-corrected chi connectivity index (χ4v) is 3.46. The Morgan fingerprint density at radius 1 is 0.900 bits per heavy atom. The van der Waals surface area contributed by atoms with Crippen molar-refractivity contribution in [2.75, 3.05) is 13.1 Å². The number of hydrogen-bond acceptors (Lipinski definition) is 6. The van der Waals surface area contributed by atoms with Crippen LogP contribution in [0.4, 0.5) is 0 Å². The minimum absolute atomic E-state index is 0.242. The molecular weight excluding hydrogens is 406 g/mol. The number of benzene rings is 1. The molecular formula is C22H35NO6S. The van der Waals surface area contributed by atoms with Crippen molar-refractivity contribution in [3.05, 3.63) is 24.3 Å². The first-order valence-corrected chi connectivity index (χ1v) is 12.3. The van der Waals surface area contributed by atoms with E-state index in [1.165, 1.54) is 43.5 Å². The summed E-state index contributed by atoms with van der Waals surface area (Å²) in [6, 6.07) is 5.03. The van der Waals surface area contributed by atoms with Gasteiger partial charge in [-0.05, 0) is 50.1 Å². The van der Waals surface area contributed by atoms with E-state index in [4.69, 9.17) is 9.29 Å². The molecule has 0 aromatic heterocycles. The summed E-state index contributed by atoms with van der Waals surface area (Å²) in [7, 11) is -4.25. The van der Waals surface area contributed by atoms with E-state index in [0.29, 0.717) is 19.4 Å². The Morgan fingerprint density at radius 3 is 2.13 bits per heavy atom. The van der Waals surface area contributed by atoms with Gasteiger partial charge in [-0.25, -0.2) is 0 Å². The molecule has 0 aliphatic rings. The molecule has 0 heterocycles. The number of carbonyl (C=O) groups excluding carboxylic acids is 2. The smallest absolute Gasteiger partial charge is 0.311 e. The number of ketones is 1. The van der Waals surface area contributed by atoms with Gasteiger partial charge in [-0.15, -0.1) is 0 Å². The number of rotatable bonds is 17. The van der Waals surface area contributed by atoms with Crippen LogP contribution >= 0.6 is 0 Å². The molecule has 0 fully saturated rings. The molecule has 0 aliphatic carbocycles. The molecule has 0 radical (unpaired) electrons. The summed E-state index contributed by atoms with van der Waals surface area (Å²) < 4.78 is 36.0. The van der Waals surface area contributed by atoms with Crippen LogP contribution in [0.15, 0.2) is 29.2 Å². The topological polar surface area (TPSA) is 110 Å². The van der Waals surface area contributed by atoms with Crippen molar-refractivity contribution in [1.82, 2.24) is 5.32 Å². The zero-order valence-corrected chi connectivity index (χ0v) is 18.7. The normalized spacial score (nSPS) is 11.4. The van der Waals surface area contributed by atoms with Gasteiger partial charge in [0, 0.05) is 12.8 Å². The lowest BCUT2D eigenvalue weighted by molar-refractivity contribution is -0.134. The van der Waals surface area contributed by atoms with Gasteiger partial charge in [0.2, 0.25) is 0 Å². The van der Waals surface area contributed by atoms with Crippen LogP contribution in [0.25, 0.3) is 0 Å². The predicted molar refractivity (Wildman–Crippen MR) is 116 cm³/mol.